The highest BCUT2D eigenvalue weighted by Crippen LogP contribution is 2.18. The molecule has 0 spiro atoms. The Hall–Kier alpha value is 0.270. The fourth-order valence-electron chi connectivity index (χ4n) is 2.27. The van der Waals surface area contributed by atoms with E-state index in [1.165, 1.54) is 13.1 Å². The lowest BCUT2D eigenvalue weighted by atomic mass is 9.98. The summed E-state index contributed by atoms with van der Waals surface area (Å²) >= 11 is 1.97. The molecule has 0 aromatic rings. The van der Waals surface area contributed by atoms with Crippen molar-refractivity contribution in [2.45, 2.75) is 45.0 Å². The van der Waals surface area contributed by atoms with Crippen molar-refractivity contribution in [3.63, 3.8) is 0 Å². The summed E-state index contributed by atoms with van der Waals surface area (Å²) in [4.78, 5) is 2.67. The number of thioether (sulfide) groups is 1. The summed E-state index contributed by atoms with van der Waals surface area (Å²) in [6.45, 7) is 12.9. The van der Waals surface area contributed by atoms with Gasteiger partial charge in [-0.3, -0.25) is 4.90 Å². The van der Waals surface area contributed by atoms with E-state index in [0.717, 1.165) is 23.8 Å². The molecule has 0 radical (unpaired) electrons. The number of nitrogens with one attached hydrogen (secondary N) is 1. The van der Waals surface area contributed by atoms with Crippen molar-refractivity contribution in [2.24, 2.45) is 5.92 Å². The van der Waals surface area contributed by atoms with Gasteiger partial charge in [-0.2, -0.15) is 11.8 Å². The van der Waals surface area contributed by atoms with Gasteiger partial charge in [-0.05, 0) is 19.1 Å². The molecule has 1 aliphatic rings. The topological polar surface area (TPSA) is 15.3 Å². The minimum Gasteiger partial charge on any atom is -0.311 e. The molecule has 0 aliphatic carbocycles. The van der Waals surface area contributed by atoms with Crippen molar-refractivity contribution in [2.75, 3.05) is 25.9 Å². The van der Waals surface area contributed by atoms with E-state index in [2.05, 4.69) is 44.2 Å². The van der Waals surface area contributed by atoms with Crippen molar-refractivity contribution in [3.05, 3.63) is 0 Å². The predicted octanol–water partition coefficient (Wildman–Crippen LogP) is 2.06. The molecule has 1 aliphatic heterocycles. The van der Waals surface area contributed by atoms with Gasteiger partial charge >= 0.3 is 0 Å². The summed E-state index contributed by atoms with van der Waals surface area (Å²) in [5.74, 6) is 0.749. The van der Waals surface area contributed by atoms with Crippen molar-refractivity contribution in [3.8, 4) is 0 Å². The molecule has 1 heterocycles. The fourth-order valence-corrected chi connectivity index (χ4v) is 2.62. The molecule has 0 aromatic heterocycles. The number of hydrogen-bond acceptors (Lipinski definition) is 3. The molecule has 15 heavy (non-hydrogen) atoms. The van der Waals surface area contributed by atoms with Crippen LogP contribution >= 0.6 is 11.8 Å². The average Bonchev–Trinajstić information content (AvgIpc) is 2.17. The normalized spacial score (nSPS) is 30.8. The van der Waals surface area contributed by atoms with Crippen LogP contribution < -0.4 is 5.32 Å². The quantitative estimate of drug-likeness (QED) is 0.796. The highest BCUT2D eigenvalue weighted by molar-refractivity contribution is 7.99. The van der Waals surface area contributed by atoms with E-state index in [0.29, 0.717) is 6.04 Å². The number of nitrogens with zero attached hydrogens (tertiary/aromatic N) is 1. The zero-order valence-corrected chi connectivity index (χ0v) is 11.6. The standard InChI is InChI=1S/C12H26N2S/c1-9(2)12-6-13-10(3)7-14(12)8-11(4)15-5/h9-13H,6-8H2,1-5H3. The van der Waals surface area contributed by atoms with Crippen LogP contribution in [-0.2, 0) is 0 Å². The molecule has 3 heteroatoms. The Balaban J connectivity index is 2.54. The first-order valence-corrected chi connectivity index (χ1v) is 7.33. The Bertz CT molecular complexity index is 184. The average molecular weight is 230 g/mol. The van der Waals surface area contributed by atoms with Gasteiger partial charge in [-0.25, -0.2) is 0 Å². The van der Waals surface area contributed by atoms with E-state index in [9.17, 15) is 0 Å². The van der Waals surface area contributed by atoms with Gasteiger partial charge < -0.3 is 5.32 Å². The van der Waals surface area contributed by atoms with Gasteiger partial charge in [-0.15, -0.1) is 0 Å². The molecule has 90 valence electrons. The molecule has 1 saturated heterocycles. The van der Waals surface area contributed by atoms with E-state index >= 15 is 0 Å². The van der Waals surface area contributed by atoms with Gasteiger partial charge in [0, 0.05) is 37.0 Å². The first-order valence-electron chi connectivity index (χ1n) is 6.04. The largest absolute Gasteiger partial charge is 0.311 e. The van der Waals surface area contributed by atoms with Gasteiger partial charge in [0.1, 0.15) is 0 Å². The summed E-state index contributed by atoms with van der Waals surface area (Å²) < 4.78 is 0. The second kappa shape index (κ2) is 6.12. The lowest BCUT2D eigenvalue weighted by Gasteiger charge is -2.42. The minimum atomic E-state index is 0.647. The highest BCUT2D eigenvalue weighted by Gasteiger charge is 2.28. The number of rotatable bonds is 4. The summed E-state index contributed by atoms with van der Waals surface area (Å²) in [5.41, 5.74) is 0. The van der Waals surface area contributed by atoms with Crippen LogP contribution in [0.1, 0.15) is 27.7 Å². The van der Waals surface area contributed by atoms with Crippen LogP contribution in [0.4, 0.5) is 0 Å². The van der Waals surface area contributed by atoms with E-state index in [-0.39, 0.29) is 0 Å². The maximum Gasteiger partial charge on any atom is 0.0244 e. The molecule has 0 bridgehead atoms. The van der Waals surface area contributed by atoms with Crippen molar-refractivity contribution in [1.82, 2.24) is 10.2 Å². The van der Waals surface area contributed by atoms with Gasteiger partial charge in [-0.1, -0.05) is 20.8 Å². The zero-order valence-electron chi connectivity index (χ0n) is 10.8. The Labute approximate surface area is 99.2 Å². The molecule has 3 unspecified atom stereocenters. The first-order chi connectivity index (χ1) is 7.04. The number of piperazine rings is 1. The summed E-state index contributed by atoms with van der Waals surface area (Å²) in [5, 5.41) is 4.33. The van der Waals surface area contributed by atoms with Crippen LogP contribution in [0.2, 0.25) is 0 Å². The van der Waals surface area contributed by atoms with Gasteiger partial charge in [0.25, 0.3) is 0 Å². The molecule has 0 saturated carbocycles. The first kappa shape index (κ1) is 13.3. The second-order valence-electron chi connectivity index (χ2n) is 5.12. The predicted molar refractivity (Wildman–Crippen MR) is 70.6 cm³/mol. The fraction of sp³-hybridized carbons (Fsp3) is 1.00. The molecular weight excluding hydrogens is 204 g/mol. The van der Waals surface area contributed by atoms with E-state index in [1.807, 2.05) is 11.8 Å². The molecule has 1 fully saturated rings. The van der Waals surface area contributed by atoms with Crippen LogP contribution in [0, 0.1) is 5.92 Å². The van der Waals surface area contributed by atoms with Gasteiger partial charge in [0.2, 0.25) is 0 Å². The number of hydrogen-bond donors (Lipinski definition) is 1. The van der Waals surface area contributed by atoms with Crippen molar-refractivity contribution < 1.29 is 0 Å². The third-order valence-electron chi connectivity index (χ3n) is 3.32. The monoisotopic (exact) mass is 230 g/mol. The Kier molecular flexibility index (Phi) is 5.44. The summed E-state index contributed by atoms with van der Waals surface area (Å²) in [6.07, 6.45) is 2.21. The van der Waals surface area contributed by atoms with Crippen LogP contribution in [0.3, 0.4) is 0 Å². The van der Waals surface area contributed by atoms with Gasteiger partial charge in [0.15, 0.2) is 0 Å². The van der Waals surface area contributed by atoms with Crippen LogP contribution in [-0.4, -0.2) is 48.1 Å². The summed E-state index contributed by atoms with van der Waals surface area (Å²) in [6, 6.07) is 1.37. The van der Waals surface area contributed by atoms with Crippen LogP contribution in [0.15, 0.2) is 0 Å². The maximum absolute atomic E-state index is 3.59. The summed E-state index contributed by atoms with van der Waals surface area (Å²) in [7, 11) is 0. The zero-order chi connectivity index (χ0) is 11.4. The smallest absolute Gasteiger partial charge is 0.0244 e. The molecule has 2 nitrogen and oxygen atoms in total. The Morgan fingerprint density at radius 1 is 1.40 bits per heavy atom. The lowest BCUT2D eigenvalue weighted by Crippen LogP contribution is -2.58. The van der Waals surface area contributed by atoms with Crippen molar-refractivity contribution >= 4 is 11.8 Å². The van der Waals surface area contributed by atoms with E-state index in [1.54, 1.807) is 0 Å². The van der Waals surface area contributed by atoms with E-state index < -0.39 is 0 Å². The second-order valence-corrected chi connectivity index (χ2v) is 6.40. The molecule has 3 atom stereocenters. The molecule has 0 aromatic carbocycles. The Morgan fingerprint density at radius 2 is 2.07 bits per heavy atom. The minimum absolute atomic E-state index is 0.647. The molecule has 1 N–H and O–H groups in total. The van der Waals surface area contributed by atoms with Gasteiger partial charge in [0.05, 0.1) is 0 Å². The maximum atomic E-state index is 3.59. The third-order valence-corrected chi connectivity index (χ3v) is 4.27. The lowest BCUT2D eigenvalue weighted by molar-refractivity contribution is 0.105. The molecular formula is C12H26N2S. The highest BCUT2D eigenvalue weighted by atomic mass is 32.2. The van der Waals surface area contributed by atoms with Crippen LogP contribution in [0.5, 0.6) is 0 Å². The third kappa shape index (κ3) is 3.97. The van der Waals surface area contributed by atoms with Crippen LogP contribution in [0.25, 0.3) is 0 Å². The Morgan fingerprint density at radius 3 is 2.60 bits per heavy atom. The van der Waals surface area contributed by atoms with E-state index in [4.69, 9.17) is 0 Å². The molecule has 0 amide bonds. The van der Waals surface area contributed by atoms with Crippen molar-refractivity contribution in [1.29, 1.82) is 0 Å². The molecule has 1 rings (SSSR count). The SMILES string of the molecule is CSC(C)CN1CC(C)NCC1C(C)C.